The molecule has 3 atom stereocenters. The van der Waals surface area contributed by atoms with Gasteiger partial charge in [0.05, 0.1) is 11.7 Å². The molecule has 0 bridgehead atoms. The second-order valence-electron chi connectivity index (χ2n) is 6.89. The second kappa shape index (κ2) is 7.33. The highest BCUT2D eigenvalue weighted by Gasteiger charge is 2.59. The van der Waals surface area contributed by atoms with Gasteiger partial charge in [-0.2, -0.15) is 0 Å². The zero-order chi connectivity index (χ0) is 19.0. The molecule has 140 valence electrons. The Balaban J connectivity index is 1.73. The molecule has 0 spiro atoms. The predicted molar refractivity (Wildman–Crippen MR) is 103 cm³/mol. The summed E-state index contributed by atoms with van der Waals surface area (Å²) in [5.74, 6) is -0.938. The van der Waals surface area contributed by atoms with Gasteiger partial charge in [0, 0.05) is 11.6 Å². The van der Waals surface area contributed by atoms with Crippen molar-refractivity contribution in [3.63, 3.8) is 0 Å². The van der Waals surface area contributed by atoms with Crippen molar-refractivity contribution in [1.82, 2.24) is 4.90 Å². The number of unbranched alkanes of at least 4 members (excludes halogenated alkanes) is 1. The van der Waals surface area contributed by atoms with Gasteiger partial charge in [-0.1, -0.05) is 55.3 Å². The first-order chi connectivity index (χ1) is 13.1. The summed E-state index contributed by atoms with van der Waals surface area (Å²) in [6.07, 6.45) is 0.940. The first-order valence-electron chi connectivity index (χ1n) is 9.23. The lowest BCUT2D eigenvalue weighted by Crippen LogP contribution is -2.37. The van der Waals surface area contributed by atoms with Crippen LogP contribution in [0.25, 0.3) is 0 Å². The van der Waals surface area contributed by atoms with E-state index in [0.717, 1.165) is 24.1 Å². The number of likely N-dealkylation sites (tertiary alicyclic amines) is 1. The van der Waals surface area contributed by atoms with Gasteiger partial charge in [-0.3, -0.25) is 19.3 Å². The van der Waals surface area contributed by atoms with Gasteiger partial charge in [0.2, 0.25) is 5.91 Å². The van der Waals surface area contributed by atoms with Crippen molar-refractivity contribution >= 4 is 29.1 Å². The highest BCUT2D eigenvalue weighted by atomic mass is 35.5. The van der Waals surface area contributed by atoms with Crippen molar-refractivity contribution in [2.45, 2.75) is 31.9 Å². The summed E-state index contributed by atoms with van der Waals surface area (Å²) < 4.78 is 0. The number of carbonyl (C=O) groups excluding carboxylic acids is 2. The molecule has 2 aliphatic rings. The molecule has 0 aromatic heterocycles. The number of anilines is 1. The van der Waals surface area contributed by atoms with E-state index >= 15 is 0 Å². The highest BCUT2D eigenvalue weighted by Crippen LogP contribution is 2.46. The summed E-state index contributed by atoms with van der Waals surface area (Å²) in [6, 6.07) is 16.6. The van der Waals surface area contributed by atoms with Gasteiger partial charge >= 0.3 is 0 Å². The van der Waals surface area contributed by atoms with E-state index in [1.54, 1.807) is 17.2 Å². The Morgan fingerprint density at radius 2 is 1.70 bits per heavy atom. The van der Waals surface area contributed by atoms with Crippen molar-refractivity contribution in [3.05, 3.63) is 65.2 Å². The molecule has 27 heavy (non-hydrogen) atoms. The van der Waals surface area contributed by atoms with E-state index in [2.05, 4.69) is 0 Å². The zero-order valence-electron chi connectivity index (χ0n) is 15.0. The van der Waals surface area contributed by atoms with E-state index < -0.39 is 12.0 Å². The van der Waals surface area contributed by atoms with Gasteiger partial charge < -0.3 is 0 Å². The Bertz CT molecular complexity index is 840. The summed E-state index contributed by atoms with van der Waals surface area (Å²) >= 11 is 6.01. The summed E-state index contributed by atoms with van der Waals surface area (Å²) in [4.78, 5) is 33.4. The van der Waals surface area contributed by atoms with Crippen molar-refractivity contribution in [3.8, 4) is 0 Å². The van der Waals surface area contributed by atoms with Crippen LogP contribution in [0, 0.1) is 5.92 Å². The maximum absolute atomic E-state index is 13.1. The van der Waals surface area contributed by atoms with Crippen LogP contribution >= 0.6 is 11.6 Å². The van der Waals surface area contributed by atoms with Crippen LogP contribution in [0.3, 0.4) is 0 Å². The van der Waals surface area contributed by atoms with E-state index in [-0.39, 0.29) is 17.9 Å². The van der Waals surface area contributed by atoms with E-state index in [1.807, 2.05) is 49.4 Å². The monoisotopic (exact) mass is 384 g/mol. The van der Waals surface area contributed by atoms with Crippen LogP contribution in [-0.4, -0.2) is 29.4 Å². The van der Waals surface area contributed by atoms with E-state index in [4.69, 9.17) is 16.4 Å². The lowest BCUT2D eigenvalue weighted by molar-refractivity contribution is -0.143. The SMILES string of the molecule is CCCCN1C(=O)[C@H]2[C@H](ON(c3ccc(Cl)cc3)[C@H]2c2ccccc2)C1=O. The lowest BCUT2D eigenvalue weighted by Gasteiger charge is -2.28. The number of amides is 2. The van der Waals surface area contributed by atoms with Gasteiger partial charge in [0.15, 0.2) is 6.10 Å². The third-order valence-corrected chi connectivity index (χ3v) is 5.42. The number of nitrogens with zero attached hydrogens (tertiary/aromatic N) is 2. The summed E-state index contributed by atoms with van der Waals surface area (Å²) in [7, 11) is 0. The fourth-order valence-electron chi connectivity index (χ4n) is 3.81. The molecule has 2 aromatic carbocycles. The fraction of sp³-hybridized carbons (Fsp3) is 0.333. The number of imide groups is 1. The molecule has 2 fully saturated rings. The minimum atomic E-state index is -0.782. The summed E-state index contributed by atoms with van der Waals surface area (Å²) in [5.41, 5.74) is 1.71. The first kappa shape index (κ1) is 18.0. The largest absolute Gasteiger partial charge is 0.280 e. The molecule has 0 radical (unpaired) electrons. The second-order valence-corrected chi connectivity index (χ2v) is 7.33. The van der Waals surface area contributed by atoms with E-state index in [9.17, 15) is 9.59 Å². The van der Waals surface area contributed by atoms with Crippen LogP contribution < -0.4 is 5.06 Å². The minimum absolute atomic E-state index is 0.149. The van der Waals surface area contributed by atoms with Crippen LogP contribution in [0.5, 0.6) is 0 Å². The number of hydroxylamine groups is 1. The first-order valence-corrected chi connectivity index (χ1v) is 9.61. The number of fused-ring (bicyclic) bond motifs is 1. The molecule has 2 aliphatic heterocycles. The lowest BCUT2D eigenvalue weighted by atomic mass is 9.90. The summed E-state index contributed by atoms with van der Waals surface area (Å²) in [5, 5.41) is 2.31. The molecular formula is C21H21ClN2O3. The van der Waals surface area contributed by atoms with Gasteiger partial charge in [0.25, 0.3) is 5.91 Å². The van der Waals surface area contributed by atoms with Crippen molar-refractivity contribution in [2.75, 3.05) is 11.6 Å². The Morgan fingerprint density at radius 1 is 1.00 bits per heavy atom. The van der Waals surface area contributed by atoms with Gasteiger partial charge in [-0.05, 0) is 36.2 Å². The minimum Gasteiger partial charge on any atom is -0.280 e. The Morgan fingerprint density at radius 3 is 2.37 bits per heavy atom. The molecule has 2 heterocycles. The highest BCUT2D eigenvalue weighted by molar-refractivity contribution is 6.30. The molecule has 0 saturated carbocycles. The summed E-state index contributed by atoms with van der Waals surface area (Å²) in [6.45, 7) is 2.49. The van der Waals surface area contributed by atoms with Gasteiger partial charge in [0.1, 0.15) is 5.92 Å². The number of hydrogen-bond acceptors (Lipinski definition) is 4. The molecule has 2 amide bonds. The third kappa shape index (κ3) is 3.11. The van der Waals surface area contributed by atoms with Crippen LogP contribution in [0.15, 0.2) is 54.6 Å². The van der Waals surface area contributed by atoms with Crippen molar-refractivity contribution < 1.29 is 14.4 Å². The van der Waals surface area contributed by atoms with Crippen molar-refractivity contribution in [1.29, 1.82) is 0 Å². The molecule has 4 rings (SSSR count). The molecule has 5 nitrogen and oxygen atoms in total. The average molecular weight is 385 g/mol. The molecule has 0 aliphatic carbocycles. The topological polar surface area (TPSA) is 49.9 Å². The number of rotatable bonds is 5. The molecule has 0 unspecified atom stereocenters. The average Bonchev–Trinajstić information content (AvgIpc) is 3.19. The number of halogens is 1. The molecular weight excluding hydrogens is 364 g/mol. The smallest absolute Gasteiger partial charge is 0.261 e. The van der Waals surface area contributed by atoms with Crippen LogP contribution in [0.2, 0.25) is 5.02 Å². The van der Waals surface area contributed by atoms with Gasteiger partial charge in [-0.15, -0.1) is 0 Å². The molecule has 0 N–H and O–H groups in total. The molecule has 6 heteroatoms. The predicted octanol–water partition coefficient (Wildman–Crippen LogP) is 3.99. The fourth-order valence-corrected chi connectivity index (χ4v) is 3.94. The maximum Gasteiger partial charge on any atom is 0.261 e. The number of carbonyl (C=O) groups is 2. The Kier molecular flexibility index (Phi) is 4.89. The van der Waals surface area contributed by atoms with Crippen LogP contribution in [-0.2, 0) is 14.4 Å². The third-order valence-electron chi connectivity index (χ3n) is 5.16. The number of hydrogen-bond donors (Lipinski definition) is 0. The number of benzene rings is 2. The normalized spacial score (nSPS) is 24.6. The Hall–Kier alpha value is -2.37. The standard InChI is InChI=1S/C21H21ClN2O3/c1-2-3-13-23-20(25)17-18(14-7-5-4-6-8-14)24(27-19(17)21(23)26)16-11-9-15(22)10-12-16/h4-12,17-19H,2-3,13H2,1H3/t17-,18+,19+/m1/s1. The maximum atomic E-state index is 13.1. The van der Waals surface area contributed by atoms with Gasteiger partial charge in [-0.25, -0.2) is 5.06 Å². The van der Waals surface area contributed by atoms with E-state index in [0.29, 0.717) is 11.6 Å². The van der Waals surface area contributed by atoms with Crippen molar-refractivity contribution in [2.24, 2.45) is 5.92 Å². The molecule has 2 saturated heterocycles. The van der Waals surface area contributed by atoms with E-state index in [1.165, 1.54) is 4.90 Å². The van der Waals surface area contributed by atoms with Crippen LogP contribution in [0.4, 0.5) is 5.69 Å². The van der Waals surface area contributed by atoms with Crippen LogP contribution in [0.1, 0.15) is 31.4 Å². The quantitative estimate of drug-likeness (QED) is 0.731. The Labute approximate surface area is 163 Å². The zero-order valence-corrected chi connectivity index (χ0v) is 15.8. The molecule has 2 aromatic rings.